The zero-order valence-corrected chi connectivity index (χ0v) is 19.5. The maximum atomic E-state index is 4.98. The number of fused-ring (bicyclic) bond motifs is 7. The fourth-order valence-corrected chi connectivity index (χ4v) is 6.13. The van der Waals surface area contributed by atoms with Crippen LogP contribution in [0, 0.1) is 0 Å². The zero-order valence-electron chi connectivity index (χ0n) is 19.5. The van der Waals surface area contributed by atoms with Crippen molar-refractivity contribution in [3.63, 3.8) is 0 Å². The first-order chi connectivity index (χ1) is 16.1. The van der Waals surface area contributed by atoms with E-state index in [2.05, 4.69) is 98.8 Å². The molecule has 0 unspecified atom stereocenters. The maximum absolute atomic E-state index is 4.98. The summed E-state index contributed by atoms with van der Waals surface area (Å²) >= 11 is 0. The molecule has 0 aliphatic heterocycles. The minimum Gasteiger partial charge on any atom is -0.308 e. The Balaban J connectivity index is 1.94. The molecule has 7 rings (SSSR count). The summed E-state index contributed by atoms with van der Waals surface area (Å²) in [5, 5.41) is 9.13. The topological polar surface area (TPSA) is 17.3 Å². The average molecular weight is 427 g/mol. The lowest BCUT2D eigenvalue weighted by atomic mass is 9.91. The molecule has 3 heterocycles. The highest BCUT2D eigenvalue weighted by Crippen LogP contribution is 2.45. The summed E-state index contributed by atoms with van der Waals surface area (Å²) in [6.07, 6.45) is 1.97. The third-order valence-electron chi connectivity index (χ3n) is 7.45. The first-order valence-electron chi connectivity index (χ1n) is 12.0. The summed E-state index contributed by atoms with van der Waals surface area (Å²) in [4.78, 5) is 4.98. The van der Waals surface area contributed by atoms with Gasteiger partial charge >= 0.3 is 0 Å². The Morgan fingerprint density at radius 1 is 0.667 bits per heavy atom. The van der Waals surface area contributed by atoms with Crippen molar-refractivity contribution in [2.45, 2.75) is 39.5 Å². The van der Waals surface area contributed by atoms with Gasteiger partial charge in [-0.3, -0.25) is 4.98 Å². The van der Waals surface area contributed by atoms with E-state index in [0.29, 0.717) is 11.8 Å². The van der Waals surface area contributed by atoms with Crippen LogP contribution in [0.1, 0.15) is 50.7 Å². The lowest BCUT2D eigenvalue weighted by Gasteiger charge is -2.19. The molecule has 33 heavy (non-hydrogen) atoms. The van der Waals surface area contributed by atoms with E-state index < -0.39 is 0 Å². The van der Waals surface area contributed by atoms with Crippen LogP contribution in [0.3, 0.4) is 0 Å². The van der Waals surface area contributed by atoms with E-state index in [1.54, 1.807) is 0 Å². The summed E-state index contributed by atoms with van der Waals surface area (Å²) in [6.45, 7) is 9.23. The van der Waals surface area contributed by atoms with E-state index in [1.807, 2.05) is 6.20 Å². The number of hydrogen-bond acceptors (Lipinski definition) is 1. The third-order valence-corrected chi connectivity index (χ3v) is 7.45. The Kier molecular flexibility index (Phi) is 3.69. The van der Waals surface area contributed by atoms with Crippen molar-refractivity contribution in [2.75, 3.05) is 0 Å². The van der Waals surface area contributed by atoms with Crippen LogP contribution in [0.15, 0.2) is 72.9 Å². The first-order valence-corrected chi connectivity index (χ1v) is 12.0. The fourth-order valence-electron chi connectivity index (χ4n) is 6.13. The van der Waals surface area contributed by atoms with Crippen LogP contribution >= 0.6 is 0 Å². The summed E-state index contributed by atoms with van der Waals surface area (Å²) in [5.74, 6) is 0.841. The number of aromatic nitrogens is 2. The molecular weight excluding hydrogens is 400 g/mol. The van der Waals surface area contributed by atoms with Gasteiger partial charge in [0.1, 0.15) is 0 Å². The lowest BCUT2D eigenvalue weighted by molar-refractivity contribution is 0.876. The van der Waals surface area contributed by atoms with Gasteiger partial charge in [0, 0.05) is 27.7 Å². The molecule has 0 fully saturated rings. The van der Waals surface area contributed by atoms with E-state index in [0.717, 1.165) is 5.52 Å². The van der Waals surface area contributed by atoms with Gasteiger partial charge in [-0.15, -0.1) is 0 Å². The van der Waals surface area contributed by atoms with Crippen molar-refractivity contribution < 1.29 is 0 Å². The number of hydrogen-bond donors (Lipinski definition) is 0. The summed E-state index contributed by atoms with van der Waals surface area (Å²) in [6, 6.07) is 24.8. The minimum atomic E-state index is 0.384. The molecule has 2 heteroatoms. The molecule has 0 aliphatic carbocycles. The first kappa shape index (κ1) is 18.9. The molecule has 0 radical (unpaired) electrons. The Morgan fingerprint density at radius 2 is 1.52 bits per heavy atom. The number of benzene rings is 4. The second-order valence-corrected chi connectivity index (χ2v) is 10.0. The fraction of sp³-hybridized carbons (Fsp3) is 0.194. The van der Waals surface area contributed by atoms with Gasteiger partial charge in [-0.25, -0.2) is 0 Å². The monoisotopic (exact) mass is 426 g/mol. The molecule has 4 aromatic carbocycles. The number of pyridine rings is 2. The Hall–Kier alpha value is -3.65. The van der Waals surface area contributed by atoms with Crippen molar-refractivity contribution in [2.24, 2.45) is 0 Å². The zero-order chi connectivity index (χ0) is 22.4. The standard InChI is InChI=1S/C31H26N2/c1-17(2)21-10-7-11-25-28(21)23-13-12-19-14-15-32-29-24-16-20-8-5-6-9-22(20)26(18(3)4)31(24)33(25)30(23)27(19)29/h5-18H,1-4H3. The molecule has 0 amide bonds. The van der Waals surface area contributed by atoms with Crippen LogP contribution in [0.4, 0.5) is 0 Å². The quantitative estimate of drug-likeness (QED) is 0.199. The van der Waals surface area contributed by atoms with Crippen LogP contribution in [-0.4, -0.2) is 9.38 Å². The van der Waals surface area contributed by atoms with Gasteiger partial charge in [0.25, 0.3) is 0 Å². The second kappa shape index (κ2) is 6.45. The molecule has 0 saturated carbocycles. The van der Waals surface area contributed by atoms with Gasteiger partial charge < -0.3 is 4.40 Å². The lowest BCUT2D eigenvalue weighted by Crippen LogP contribution is -2.01. The van der Waals surface area contributed by atoms with Gasteiger partial charge in [-0.1, -0.05) is 76.2 Å². The third kappa shape index (κ3) is 2.31. The van der Waals surface area contributed by atoms with Crippen molar-refractivity contribution in [3.05, 3.63) is 84.1 Å². The molecule has 0 aliphatic rings. The molecule has 0 saturated heterocycles. The summed E-state index contributed by atoms with van der Waals surface area (Å²) in [7, 11) is 0. The predicted octanol–water partition coefficient (Wildman–Crippen LogP) is 8.78. The van der Waals surface area contributed by atoms with Crippen molar-refractivity contribution in [3.8, 4) is 0 Å². The van der Waals surface area contributed by atoms with E-state index in [1.165, 1.54) is 65.4 Å². The minimum absolute atomic E-state index is 0.384. The van der Waals surface area contributed by atoms with E-state index in [4.69, 9.17) is 4.98 Å². The average Bonchev–Trinajstić information content (AvgIpc) is 3.17. The molecule has 0 bridgehead atoms. The molecule has 2 nitrogen and oxygen atoms in total. The summed E-state index contributed by atoms with van der Waals surface area (Å²) < 4.78 is 2.56. The Labute approximate surface area is 192 Å². The normalized spacial score (nSPS) is 12.8. The smallest absolute Gasteiger partial charge is 0.0823 e. The second-order valence-electron chi connectivity index (χ2n) is 10.0. The van der Waals surface area contributed by atoms with E-state index in [-0.39, 0.29) is 0 Å². The highest BCUT2D eigenvalue weighted by atomic mass is 14.9. The Morgan fingerprint density at radius 3 is 2.33 bits per heavy atom. The van der Waals surface area contributed by atoms with Gasteiger partial charge in [0.05, 0.1) is 22.1 Å². The number of nitrogens with zero attached hydrogens (tertiary/aromatic N) is 2. The molecule has 0 atom stereocenters. The van der Waals surface area contributed by atoms with Gasteiger partial charge in [-0.05, 0) is 57.3 Å². The van der Waals surface area contributed by atoms with Gasteiger partial charge in [0.2, 0.25) is 0 Å². The van der Waals surface area contributed by atoms with Gasteiger partial charge in [-0.2, -0.15) is 0 Å². The molecule has 7 aromatic rings. The van der Waals surface area contributed by atoms with Crippen LogP contribution < -0.4 is 0 Å². The highest BCUT2D eigenvalue weighted by Gasteiger charge is 2.24. The van der Waals surface area contributed by atoms with Crippen LogP contribution in [0.25, 0.3) is 59.8 Å². The van der Waals surface area contributed by atoms with Crippen molar-refractivity contribution in [1.82, 2.24) is 9.38 Å². The molecule has 3 aromatic heterocycles. The maximum Gasteiger partial charge on any atom is 0.0823 e. The molecule has 160 valence electrons. The SMILES string of the molecule is CC(C)c1cccc2c1c1ccc3ccnc4c5cc6ccccc6c(C(C)C)c5n2c1c34. The van der Waals surface area contributed by atoms with Crippen molar-refractivity contribution >= 4 is 59.8 Å². The largest absolute Gasteiger partial charge is 0.308 e. The van der Waals surface area contributed by atoms with Gasteiger partial charge in [0.15, 0.2) is 0 Å². The summed E-state index contributed by atoms with van der Waals surface area (Å²) in [5.41, 5.74) is 7.85. The van der Waals surface area contributed by atoms with E-state index >= 15 is 0 Å². The highest BCUT2D eigenvalue weighted by molar-refractivity contribution is 6.29. The molecular formula is C31H26N2. The molecule has 0 N–H and O–H groups in total. The predicted molar refractivity (Wildman–Crippen MR) is 142 cm³/mol. The van der Waals surface area contributed by atoms with E-state index in [9.17, 15) is 0 Å². The Bertz CT molecular complexity index is 1870. The van der Waals surface area contributed by atoms with Crippen LogP contribution in [-0.2, 0) is 0 Å². The van der Waals surface area contributed by atoms with Crippen molar-refractivity contribution in [1.29, 1.82) is 0 Å². The van der Waals surface area contributed by atoms with Crippen LogP contribution in [0.2, 0.25) is 0 Å². The van der Waals surface area contributed by atoms with Crippen LogP contribution in [0.5, 0.6) is 0 Å². The number of rotatable bonds is 2. The molecule has 0 spiro atoms.